The molecule has 0 unspecified atom stereocenters. The molecule has 3 aromatic rings. The molecule has 41 heavy (non-hydrogen) atoms. The van der Waals surface area contributed by atoms with Gasteiger partial charge in [0.2, 0.25) is 0 Å². The topological polar surface area (TPSA) is 57.2 Å². The Morgan fingerprint density at radius 1 is 1.00 bits per heavy atom. The zero-order valence-corrected chi connectivity index (χ0v) is 25.5. The maximum atomic E-state index is 14.3. The van der Waals surface area contributed by atoms with Crippen LogP contribution in [0.4, 0.5) is 0 Å². The van der Waals surface area contributed by atoms with Crippen molar-refractivity contribution >= 4 is 29.1 Å². The molecule has 1 saturated heterocycles. The summed E-state index contributed by atoms with van der Waals surface area (Å²) >= 11 is 12.7. The van der Waals surface area contributed by atoms with E-state index < -0.39 is 17.7 Å². The Hall–Kier alpha value is -3.03. The van der Waals surface area contributed by atoms with E-state index in [1.807, 2.05) is 78.6 Å². The average Bonchev–Trinajstić information content (AvgIpc) is 2.97. The Labute approximate surface area is 252 Å². The SMILES string of the molecule is C=CC[C@]1(C)O[C@H](c2cccc(Cl)c2)[C@@H](c2ccc(Cl)cc2)N([C@@H](CC)COCc2ccc(OC)c(OC)c2)C1=O. The van der Waals surface area contributed by atoms with Crippen LogP contribution in [0.1, 0.15) is 55.5 Å². The normalized spacial score (nSPS) is 21.4. The maximum absolute atomic E-state index is 14.3. The second-order valence-corrected chi connectivity index (χ2v) is 11.2. The molecule has 0 aliphatic carbocycles. The van der Waals surface area contributed by atoms with Crippen LogP contribution < -0.4 is 9.47 Å². The number of hydrogen-bond acceptors (Lipinski definition) is 5. The van der Waals surface area contributed by atoms with Gasteiger partial charge in [-0.3, -0.25) is 4.79 Å². The van der Waals surface area contributed by atoms with Crippen molar-refractivity contribution in [1.82, 2.24) is 4.90 Å². The van der Waals surface area contributed by atoms with Crippen molar-refractivity contribution in [3.63, 3.8) is 0 Å². The van der Waals surface area contributed by atoms with Crippen molar-refractivity contribution in [1.29, 1.82) is 0 Å². The zero-order chi connectivity index (χ0) is 29.6. The number of carbonyl (C=O) groups is 1. The van der Waals surface area contributed by atoms with Crippen LogP contribution in [-0.2, 0) is 20.9 Å². The van der Waals surface area contributed by atoms with Crippen molar-refractivity contribution in [2.24, 2.45) is 0 Å². The number of carbonyl (C=O) groups excluding carboxylic acids is 1. The van der Waals surface area contributed by atoms with Gasteiger partial charge in [0.1, 0.15) is 11.7 Å². The molecule has 1 amide bonds. The maximum Gasteiger partial charge on any atom is 0.255 e. The molecule has 1 aliphatic rings. The predicted octanol–water partition coefficient (Wildman–Crippen LogP) is 7.98. The Morgan fingerprint density at radius 2 is 1.73 bits per heavy atom. The van der Waals surface area contributed by atoms with Crippen molar-refractivity contribution < 1.29 is 23.7 Å². The molecule has 0 radical (unpaired) electrons. The zero-order valence-electron chi connectivity index (χ0n) is 23.9. The largest absolute Gasteiger partial charge is 0.493 e. The molecular formula is C33H37Cl2NO5. The van der Waals surface area contributed by atoms with Gasteiger partial charge in [0.15, 0.2) is 11.5 Å². The molecule has 0 spiro atoms. The molecule has 4 rings (SSSR count). The molecule has 3 aromatic carbocycles. The number of amides is 1. The number of morpholine rings is 1. The molecule has 6 nitrogen and oxygen atoms in total. The molecule has 0 N–H and O–H groups in total. The van der Waals surface area contributed by atoms with Gasteiger partial charge in [-0.05, 0) is 66.4 Å². The Morgan fingerprint density at radius 3 is 2.37 bits per heavy atom. The van der Waals surface area contributed by atoms with Gasteiger partial charge in [-0.2, -0.15) is 0 Å². The van der Waals surface area contributed by atoms with E-state index in [-0.39, 0.29) is 11.9 Å². The smallest absolute Gasteiger partial charge is 0.255 e. The van der Waals surface area contributed by atoms with Gasteiger partial charge in [0.25, 0.3) is 5.91 Å². The molecule has 8 heteroatoms. The van der Waals surface area contributed by atoms with E-state index in [9.17, 15) is 4.79 Å². The lowest BCUT2D eigenvalue weighted by Gasteiger charge is -2.51. The van der Waals surface area contributed by atoms with Gasteiger partial charge in [-0.15, -0.1) is 6.58 Å². The summed E-state index contributed by atoms with van der Waals surface area (Å²) in [5, 5.41) is 1.21. The Kier molecular flexibility index (Phi) is 10.4. The minimum atomic E-state index is -1.12. The Bertz CT molecular complexity index is 1350. The van der Waals surface area contributed by atoms with Gasteiger partial charge < -0.3 is 23.8 Å². The highest BCUT2D eigenvalue weighted by molar-refractivity contribution is 6.30. The summed E-state index contributed by atoms with van der Waals surface area (Å²) in [6.07, 6.45) is 2.27. The second kappa shape index (κ2) is 13.8. The van der Waals surface area contributed by atoms with Gasteiger partial charge >= 0.3 is 0 Å². The molecule has 0 aromatic heterocycles. The van der Waals surface area contributed by atoms with Gasteiger partial charge in [-0.1, -0.05) is 66.5 Å². The van der Waals surface area contributed by atoms with E-state index in [2.05, 4.69) is 13.5 Å². The number of ether oxygens (including phenoxy) is 4. The summed E-state index contributed by atoms with van der Waals surface area (Å²) in [6, 6.07) is 20.2. The minimum Gasteiger partial charge on any atom is -0.493 e. The van der Waals surface area contributed by atoms with Crippen LogP contribution in [0.15, 0.2) is 79.4 Å². The highest BCUT2D eigenvalue weighted by Gasteiger charge is 2.52. The van der Waals surface area contributed by atoms with E-state index in [1.165, 1.54) is 0 Å². The fourth-order valence-electron chi connectivity index (χ4n) is 5.35. The third kappa shape index (κ3) is 6.90. The van der Waals surface area contributed by atoms with Gasteiger partial charge in [0, 0.05) is 16.5 Å². The van der Waals surface area contributed by atoms with Crippen LogP contribution in [0.3, 0.4) is 0 Å². The average molecular weight is 599 g/mol. The van der Waals surface area contributed by atoms with Crippen molar-refractivity contribution in [3.05, 3.63) is 106 Å². The molecule has 4 atom stereocenters. The Balaban J connectivity index is 1.71. The fourth-order valence-corrected chi connectivity index (χ4v) is 5.68. The summed E-state index contributed by atoms with van der Waals surface area (Å²) in [6.45, 7) is 8.47. The lowest BCUT2D eigenvalue weighted by Crippen LogP contribution is -2.60. The monoisotopic (exact) mass is 597 g/mol. The molecule has 218 valence electrons. The van der Waals surface area contributed by atoms with Crippen molar-refractivity contribution in [2.45, 2.75) is 57.1 Å². The number of hydrogen-bond donors (Lipinski definition) is 0. The van der Waals surface area contributed by atoms with Gasteiger partial charge in [-0.25, -0.2) is 0 Å². The number of benzene rings is 3. The second-order valence-electron chi connectivity index (χ2n) is 10.3. The van der Waals surface area contributed by atoms with Crippen LogP contribution in [0.2, 0.25) is 10.0 Å². The molecular weight excluding hydrogens is 561 g/mol. The first-order valence-electron chi connectivity index (χ1n) is 13.7. The minimum absolute atomic E-state index is 0.114. The molecule has 1 fully saturated rings. The first kappa shape index (κ1) is 30.9. The molecule has 1 heterocycles. The van der Waals surface area contributed by atoms with E-state index in [0.29, 0.717) is 47.6 Å². The predicted molar refractivity (Wildman–Crippen MR) is 163 cm³/mol. The van der Waals surface area contributed by atoms with Crippen LogP contribution in [0.5, 0.6) is 11.5 Å². The summed E-state index contributed by atoms with van der Waals surface area (Å²) in [4.78, 5) is 16.3. The number of methoxy groups -OCH3 is 2. The number of nitrogens with zero attached hydrogens (tertiary/aromatic N) is 1. The van der Waals surface area contributed by atoms with E-state index in [1.54, 1.807) is 20.3 Å². The lowest BCUT2D eigenvalue weighted by atomic mass is 9.86. The third-order valence-electron chi connectivity index (χ3n) is 7.47. The summed E-state index contributed by atoms with van der Waals surface area (Å²) < 4.78 is 23.7. The first-order chi connectivity index (χ1) is 19.7. The van der Waals surface area contributed by atoms with E-state index >= 15 is 0 Å². The van der Waals surface area contributed by atoms with Crippen molar-refractivity contribution in [3.8, 4) is 11.5 Å². The summed E-state index contributed by atoms with van der Waals surface area (Å²) in [5.41, 5.74) is 1.61. The quantitative estimate of drug-likeness (QED) is 0.198. The first-order valence-corrected chi connectivity index (χ1v) is 14.4. The van der Waals surface area contributed by atoms with Crippen LogP contribution in [0.25, 0.3) is 0 Å². The third-order valence-corrected chi connectivity index (χ3v) is 7.96. The standard InChI is InChI=1S/C33H37Cl2NO5/c1-6-17-33(3)32(37)36(27(7-2)21-40-20-22-11-16-28(38-4)29(18-22)39-5)30(23-12-14-25(34)15-13-23)31(41-33)24-9-8-10-26(35)19-24/h6,8-16,18-19,27,30-31H,1,7,17,20-21H2,2-5H3/t27-,30+,31+,33-/m0/s1. The number of halogens is 2. The lowest BCUT2D eigenvalue weighted by molar-refractivity contribution is -0.204. The summed E-state index contributed by atoms with van der Waals surface area (Å²) in [5.74, 6) is 1.18. The summed E-state index contributed by atoms with van der Waals surface area (Å²) in [7, 11) is 3.21. The highest BCUT2D eigenvalue weighted by atomic mass is 35.5. The molecule has 1 aliphatic heterocycles. The fraction of sp³-hybridized carbons (Fsp3) is 0.364. The molecule has 0 saturated carbocycles. The van der Waals surface area contributed by atoms with Crippen LogP contribution in [0, 0.1) is 0 Å². The van der Waals surface area contributed by atoms with E-state index in [4.69, 9.17) is 42.1 Å². The van der Waals surface area contributed by atoms with Crippen LogP contribution in [-0.4, -0.2) is 43.3 Å². The van der Waals surface area contributed by atoms with E-state index in [0.717, 1.165) is 16.7 Å². The molecule has 0 bridgehead atoms. The number of rotatable bonds is 12. The van der Waals surface area contributed by atoms with Gasteiger partial charge in [0.05, 0.1) is 39.5 Å². The van der Waals surface area contributed by atoms with Crippen LogP contribution >= 0.6 is 23.2 Å². The highest BCUT2D eigenvalue weighted by Crippen LogP contribution is 2.48. The van der Waals surface area contributed by atoms with Crippen molar-refractivity contribution in [2.75, 3.05) is 20.8 Å².